The van der Waals surface area contributed by atoms with Crippen LogP contribution in [-0.4, -0.2) is 22.2 Å². The number of nitrogens with one attached hydrogen (secondary N) is 1. The van der Waals surface area contributed by atoms with Gasteiger partial charge in [-0.3, -0.25) is 9.59 Å². The molecular formula is C21H23N3O2S. The van der Waals surface area contributed by atoms with Crippen LogP contribution in [0.1, 0.15) is 25.8 Å². The first kappa shape index (κ1) is 19.0. The van der Waals surface area contributed by atoms with Gasteiger partial charge in [-0.1, -0.05) is 36.4 Å². The average Bonchev–Trinajstić information content (AvgIpc) is 3.21. The topological polar surface area (TPSA) is 64.0 Å². The molecule has 0 spiro atoms. The Bertz CT molecular complexity index is 947. The van der Waals surface area contributed by atoms with Crippen LogP contribution in [0.25, 0.3) is 10.6 Å². The van der Waals surface area contributed by atoms with Crippen LogP contribution in [0.5, 0.6) is 0 Å². The minimum Gasteiger partial charge on any atom is -0.354 e. The van der Waals surface area contributed by atoms with Gasteiger partial charge in [0.2, 0.25) is 5.91 Å². The van der Waals surface area contributed by atoms with Crippen LogP contribution in [0, 0.1) is 0 Å². The van der Waals surface area contributed by atoms with Crippen LogP contribution < -0.4 is 10.9 Å². The van der Waals surface area contributed by atoms with Crippen LogP contribution in [-0.2, 0) is 16.8 Å². The quantitative estimate of drug-likeness (QED) is 0.638. The van der Waals surface area contributed by atoms with Crippen molar-refractivity contribution in [1.82, 2.24) is 15.1 Å². The molecule has 0 saturated carbocycles. The first-order valence-electron chi connectivity index (χ1n) is 8.95. The molecule has 140 valence electrons. The molecule has 0 radical (unpaired) electrons. The second-order valence-electron chi connectivity index (χ2n) is 6.85. The van der Waals surface area contributed by atoms with E-state index in [-0.39, 0.29) is 11.5 Å². The zero-order chi connectivity index (χ0) is 19.3. The van der Waals surface area contributed by atoms with Crippen LogP contribution in [0.2, 0.25) is 0 Å². The third-order valence-electron chi connectivity index (χ3n) is 4.43. The molecule has 27 heavy (non-hydrogen) atoms. The highest BCUT2D eigenvalue weighted by molar-refractivity contribution is 7.13. The second-order valence-corrected chi connectivity index (χ2v) is 7.80. The summed E-state index contributed by atoms with van der Waals surface area (Å²) < 4.78 is 1.27. The Kier molecular flexibility index (Phi) is 5.86. The number of carbonyl (C=O) groups excluding carboxylic acids is 1. The van der Waals surface area contributed by atoms with Gasteiger partial charge in [-0.15, -0.1) is 11.3 Å². The van der Waals surface area contributed by atoms with Crippen LogP contribution >= 0.6 is 11.3 Å². The molecule has 0 aliphatic rings. The van der Waals surface area contributed by atoms with Gasteiger partial charge in [-0.05, 0) is 49.8 Å². The Labute approximate surface area is 162 Å². The molecule has 0 bridgehead atoms. The molecule has 2 heterocycles. The summed E-state index contributed by atoms with van der Waals surface area (Å²) in [6, 6.07) is 17.2. The number of rotatable bonds is 7. The van der Waals surface area contributed by atoms with Gasteiger partial charge in [0.25, 0.3) is 5.56 Å². The molecule has 0 unspecified atom stereocenters. The molecule has 3 aromatic rings. The van der Waals surface area contributed by atoms with Gasteiger partial charge in [-0.25, -0.2) is 4.68 Å². The van der Waals surface area contributed by atoms with Gasteiger partial charge in [0.05, 0.1) is 4.88 Å². The normalized spacial score (nSPS) is 11.3. The van der Waals surface area contributed by atoms with E-state index in [0.717, 1.165) is 17.7 Å². The number of amides is 1. The molecule has 2 aromatic heterocycles. The Hall–Kier alpha value is -2.73. The lowest BCUT2D eigenvalue weighted by Gasteiger charge is -2.25. The van der Waals surface area contributed by atoms with E-state index in [4.69, 9.17) is 0 Å². The standard InChI is InChI=1S/C21H23N3O2S/c1-21(2,20(26)22-14-6-10-16-8-4-3-5-9-16)24-19(25)13-12-17(23-24)18-11-7-15-27-18/h3-5,7-9,11-13,15H,6,10,14H2,1-2H3,(H,22,26). The molecule has 5 nitrogen and oxygen atoms in total. The number of aromatic nitrogens is 2. The maximum atomic E-state index is 12.7. The lowest BCUT2D eigenvalue weighted by Crippen LogP contribution is -2.49. The highest BCUT2D eigenvalue weighted by atomic mass is 32.1. The van der Waals surface area contributed by atoms with Crippen LogP contribution in [0.4, 0.5) is 0 Å². The van der Waals surface area contributed by atoms with E-state index >= 15 is 0 Å². The van der Waals surface area contributed by atoms with Crippen molar-refractivity contribution in [2.45, 2.75) is 32.2 Å². The SMILES string of the molecule is CC(C)(C(=O)NCCCc1ccccc1)n1nc(-c2cccs2)ccc1=O. The van der Waals surface area contributed by atoms with Crippen molar-refractivity contribution in [1.29, 1.82) is 0 Å². The highest BCUT2D eigenvalue weighted by Gasteiger charge is 2.32. The minimum absolute atomic E-state index is 0.214. The Morgan fingerprint density at radius 3 is 2.59 bits per heavy atom. The molecule has 1 amide bonds. The van der Waals surface area contributed by atoms with Crippen molar-refractivity contribution >= 4 is 17.2 Å². The van der Waals surface area contributed by atoms with E-state index in [9.17, 15) is 9.59 Å². The van der Waals surface area contributed by atoms with Crippen molar-refractivity contribution in [3.05, 3.63) is 75.9 Å². The molecule has 0 aliphatic heterocycles. The first-order chi connectivity index (χ1) is 13.0. The number of aryl methyl sites for hydroxylation is 1. The lowest BCUT2D eigenvalue weighted by molar-refractivity contribution is -0.129. The molecule has 0 aliphatic carbocycles. The van der Waals surface area contributed by atoms with Gasteiger partial charge in [0.15, 0.2) is 0 Å². The van der Waals surface area contributed by atoms with Crippen LogP contribution in [0.15, 0.2) is 64.8 Å². The molecule has 1 aromatic carbocycles. The third-order valence-corrected chi connectivity index (χ3v) is 5.32. The summed E-state index contributed by atoms with van der Waals surface area (Å²) in [6.07, 6.45) is 1.73. The van der Waals surface area contributed by atoms with E-state index < -0.39 is 5.54 Å². The summed E-state index contributed by atoms with van der Waals surface area (Å²) in [5.41, 5.74) is 0.568. The predicted molar refractivity (Wildman–Crippen MR) is 109 cm³/mol. The van der Waals surface area contributed by atoms with Gasteiger partial charge in [0, 0.05) is 12.6 Å². The van der Waals surface area contributed by atoms with Crippen molar-refractivity contribution in [2.24, 2.45) is 0 Å². The summed E-state index contributed by atoms with van der Waals surface area (Å²) in [5.74, 6) is -0.214. The van der Waals surface area contributed by atoms with E-state index in [1.165, 1.54) is 16.3 Å². The second kappa shape index (κ2) is 8.31. The summed E-state index contributed by atoms with van der Waals surface area (Å²) in [5, 5.41) is 9.33. The van der Waals surface area contributed by atoms with E-state index in [0.29, 0.717) is 12.2 Å². The molecule has 6 heteroatoms. The minimum atomic E-state index is -1.07. The number of hydrogen-bond donors (Lipinski definition) is 1. The molecule has 3 rings (SSSR count). The van der Waals surface area contributed by atoms with E-state index in [1.807, 2.05) is 35.7 Å². The number of hydrogen-bond acceptors (Lipinski definition) is 4. The van der Waals surface area contributed by atoms with Crippen molar-refractivity contribution in [2.75, 3.05) is 6.54 Å². The largest absolute Gasteiger partial charge is 0.354 e. The number of benzene rings is 1. The van der Waals surface area contributed by atoms with Gasteiger partial charge in [0.1, 0.15) is 11.2 Å². The maximum absolute atomic E-state index is 12.7. The number of carbonyl (C=O) groups is 1. The van der Waals surface area contributed by atoms with Gasteiger partial charge >= 0.3 is 0 Å². The Balaban J connectivity index is 1.67. The molecular weight excluding hydrogens is 358 g/mol. The first-order valence-corrected chi connectivity index (χ1v) is 9.83. The number of thiophene rings is 1. The fourth-order valence-corrected chi connectivity index (χ4v) is 3.51. The molecule has 0 atom stereocenters. The third kappa shape index (κ3) is 4.52. The Morgan fingerprint density at radius 2 is 1.89 bits per heavy atom. The Morgan fingerprint density at radius 1 is 1.11 bits per heavy atom. The van der Waals surface area contributed by atoms with Crippen LogP contribution in [0.3, 0.4) is 0 Å². The smallest absolute Gasteiger partial charge is 0.267 e. The van der Waals surface area contributed by atoms with Crippen molar-refractivity contribution in [3.63, 3.8) is 0 Å². The lowest BCUT2D eigenvalue weighted by atomic mass is 10.0. The highest BCUT2D eigenvalue weighted by Crippen LogP contribution is 2.22. The van der Waals surface area contributed by atoms with Gasteiger partial charge < -0.3 is 5.32 Å². The molecule has 0 fully saturated rings. The summed E-state index contributed by atoms with van der Waals surface area (Å²) in [4.78, 5) is 26.0. The fraction of sp³-hybridized carbons (Fsp3) is 0.286. The maximum Gasteiger partial charge on any atom is 0.267 e. The summed E-state index contributed by atoms with van der Waals surface area (Å²) in [7, 11) is 0. The van der Waals surface area contributed by atoms with Crippen molar-refractivity contribution < 1.29 is 4.79 Å². The summed E-state index contributed by atoms with van der Waals surface area (Å²) in [6.45, 7) is 3.98. The van der Waals surface area contributed by atoms with E-state index in [1.54, 1.807) is 31.3 Å². The van der Waals surface area contributed by atoms with Crippen molar-refractivity contribution in [3.8, 4) is 10.6 Å². The molecule has 1 N–H and O–H groups in total. The van der Waals surface area contributed by atoms with E-state index in [2.05, 4.69) is 22.5 Å². The predicted octanol–water partition coefficient (Wildman–Crippen LogP) is 3.46. The summed E-state index contributed by atoms with van der Waals surface area (Å²) >= 11 is 1.55. The molecule has 0 saturated heterocycles. The zero-order valence-corrected chi connectivity index (χ0v) is 16.3. The number of nitrogens with zero attached hydrogens (tertiary/aromatic N) is 2. The zero-order valence-electron chi connectivity index (χ0n) is 15.5. The monoisotopic (exact) mass is 381 g/mol. The fourth-order valence-electron chi connectivity index (χ4n) is 2.82. The van der Waals surface area contributed by atoms with Gasteiger partial charge in [-0.2, -0.15) is 5.10 Å². The average molecular weight is 382 g/mol.